The van der Waals surface area contributed by atoms with Crippen LogP contribution in [0.15, 0.2) is 29.3 Å². The molecule has 1 saturated carbocycles. The Labute approximate surface area is 129 Å². The van der Waals surface area contributed by atoms with Crippen molar-refractivity contribution in [2.24, 2.45) is 10.7 Å². The number of thioether (sulfide) groups is 1. The van der Waals surface area contributed by atoms with Crippen LogP contribution in [0.4, 0.5) is 0 Å². The summed E-state index contributed by atoms with van der Waals surface area (Å²) in [5.74, 6) is 3.58. The lowest BCUT2D eigenvalue weighted by molar-refractivity contribution is 0.346. The third-order valence-corrected chi connectivity index (χ3v) is 5.39. The van der Waals surface area contributed by atoms with Crippen molar-refractivity contribution >= 4 is 29.3 Å². The fraction of sp³-hybridized carbons (Fsp3) is 0.533. The first-order valence-corrected chi connectivity index (χ1v) is 8.67. The van der Waals surface area contributed by atoms with E-state index >= 15 is 0 Å². The minimum Gasteiger partial charge on any atom is -0.370 e. The molecule has 1 aromatic rings. The van der Waals surface area contributed by atoms with Crippen LogP contribution in [0.25, 0.3) is 0 Å². The van der Waals surface area contributed by atoms with Crippen molar-refractivity contribution in [1.82, 2.24) is 4.90 Å². The Balaban J connectivity index is 1.56. The first-order valence-electron chi connectivity index (χ1n) is 7.14. The Bertz CT molecular complexity index is 494. The number of aliphatic imine (C=N–C) groups is 1. The van der Waals surface area contributed by atoms with Gasteiger partial charge in [-0.15, -0.1) is 0 Å². The van der Waals surface area contributed by atoms with Gasteiger partial charge in [-0.3, -0.25) is 0 Å². The zero-order valence-corrected chi connectivity index (χ0v) is 13.0. The summed E-state index contributed by atoms with van der Waals surface area (Å²) in [4.78, 5) is 6.89. The van der Waals surface area contributed by atoms with Gasteiger partial charge in [0.05, 0.1) is 6.04 Å². The van der Waals surface area contributed by atoms with Crippen LogP contribution < -0.4 is 5.73 Å². The van der Waals surface area contributed by atoms with Crippen LogP contribution in [0.3, 0.4) is 0 Å². The second-order valence-corrected chi connectivity index (χ2v) is 7.06. The lowest BCUT2D eigenvalue weighted by Crippen LogP contribution is -2.44. The van der Waals surface area contributed by atoms with Gasteiger partial charge in [0.1, 0.15) is 0 Å². The van der Waals surface area contributed by atoms with Gasteiger partial charge in [0, 0.05) is 29.6 Å². The summed E-state index contributed by atoms with van der Waals surface area (Å²) in [7, 11) is 0. The summed E-state index contributed by atoms with van der Waals surface area (Å²) < 4.78 is 0. The van der Waals surface area contributed by atoms with Crippen molar-refractivity contribution in [3.8, 4) is 0 Å². The van der Waals surface area contributed by atoms with E-state index in [2.05, 4.69) is 22.0 Å². The fourth-order valence-electron chi connectivity index (χ4n) is 2.81. The first-order chi connectivity index (χ1) is 9.74. The van der Waals surface area contributed by atoms with E-state index < -0.39 is 0 Å². The van der Waals surface area contributed by atoms with Crippen LogP contribution in [0.5, 0.6) is 0 Å². The van der Waals surface area contributed by atoms with Crippen LogP contribution in [0.2, 0.25) is 5.02 Å². The molecule has 3 rings (SSSR count). The molecule has 1 aromatic carbocycles. The summed E-state index contributed by atoms with van der Waals surface area (Å²) in [6.45, 7) is 2.06. The van der Waals surface area contributed by atoms with Crippen LogP contribution in [0.1, 0.15) is 24.3 Å². The van der Waals surface area contributed by atoms with Gasteiger partial charge >= 0.3 is 0 Å². The van der Waals surface area contributed by atoms with Crippen molar-refractivity contribution in [2.75, 3.05) is 24.6 Å². The Morgan fingerprint density at radius 2 is 1.95 bits per heavy atom. The van der Waals surface area contributed by atoms with E-state index in [1.54, 1.807) is 0 Å². The monoisotopic (exact) mass is 309 g/mol. The summed E-state index contributed by atoms with van der Waals surface area (Å²) >= 11 is 8.22. The van der Waals surface area contributed by atoms with E-state index in [1.165, 1.54) is 5.56 Å². The second-order valence-electron chi connectivity index (χ2n) is 5.43. The van der Waals surface area contributed by atoms with Crippen molar-refractivity contribution in [2.45, 2.75) is 24.8 Å². The molecule has 108 valence electrons. The molecule has 0 amide bonds. The number of hydrogen-bond donors (Lipinski definition) is 1. The van der Waals surface area contributed by atoms with E-state index in [9.17, 15) is 0 Å². The number of guanidine groups is 1. The number of nitrogens with two attached hydrogens (primary N) is 1. The van der Waals surface area contributed by atoms with Crippen molar-refractivity contribution in [1.29, 1.82) is 0 Å². The molecule has 2 N–H and O–H groups in total. The quantitative estimate of drug-likeness (QED) is 0.674. The van der Waals surface area contributed by atoms with Gasteiger partial charge in [-0.2, -0.15) is 11.8 Å². The van der Waals surface area contributed by atoms with Gasteiger partial charge < -0.3 is 10.6 Å². The third kappa shape index (κ3) is 3.07. The molecule has 0 radical (unpaired) electrons. The highest BCUT2D eigenvalue weighted by molar-refractivity contribution is 7.99. The molecule has 0 unspecified atom stereocenters. The summed E-state index contributed by atoms with van der Waals surface area (Å²) in [6.07, 6.45) is 2.13. The standard InChI is InChI=1S/C15H20ClN3S/c16-14-4-2-1-3-13(14)11-9-12(10-11)18-15(17)19-5-7-20-8-6-19/h1-4,11-12H,5-10H2,(H2,17,18). The first kappa shape index (κ1) is 14.1. The van der Waals surface area contributed by atoms with Gasteiger partial charge in [-0.25, -0.2) is 4.99 Å². The molecule has 0 aromatic heterocycles. The topological polar surface area (TPSA) is 41.6 Å². The average molecular weight is 310 g/mol. The number of benzene rings is 1. The van der Waals surface area contributed by atoms with Crippen LogP contribution in [-0.4, -0.2) is 41.5 Å². The van der Waals surface area contributed by atoms with Gasteiger partial charge in [0.2, 0.25) is 0 Å². The predicted molar refractivity (Wildman–Crippen MR) is 87.7 cm³/mol. The molecule has 2 aliphatic rings. The predicted octanol–water partition coefficient (Wildman–Crippen LogP) is 2.95. The molecule has 0 spiro atoms. The van der Waals surface area contributed by atoms with Crippen LogP contribution in [0, 0.1) is 0 Å². The van der Waals surface area contributed by atoms with E-state index in [1.807, 2.05) is 23.9 Å². The molecule has 1 saturated heterocycles. The molecule has 20 heavy (non-hydrogen) atoms. The van der Waals surface area contributed by atoms with Gasteiger partial charge in [0.15, 0.2) is 5.96 Å². The molecule has 5 heteroatoms. The zero-order chi connectivity index (χ0) is 13.9. The highest BCUT2D eigenvalue weighted by Crippen LogP contribution is 2.41. The number of halogens is 1. The third-order valence-electron chi connectivity index (χ3n) is 4.11. The van der Waals surface area contributed by atoms with Gasteiger partial charge in [-0.1, -0.05) is 29.8 Å². The smallest absolute Gasteiger partial charge is 0.191 e. The van der Waals surface area contributed by atoms with E-state index in [4.69, 9.17) is 17.3 Å². The molecule has 1 aliphatic heterocycles. The highest BCUT2D eigenvalue weighted by Gasteiger charge is 2.31. The minimum absolute atomic E-state index is 0.367. The van der Waals surface area contributed by atoms with E-state index in [0.717, 1.165) is 48.4 Å². The SMILES string of the molecule is NC(=NC1CC(c2ccccc2Cl)C1)N1CCSCC1. The normalized spacial score (nSPS) is 27.2. The maximum absolute atomic E-state index is 6.24. The van der Waals surface area contributed by atoms with E-state index in [0.29, 0.717) is 12.0 Å². The van der Waals surface area contributed by atoms with Crippen molar-refractivity contribution < 1.29 is 0 Å². The summed E-state index contributed by atoms with van der Waals surface area (Å²) in [5.41, 5.74) is 7.37. The second kappa shape index (κ2) is 6.27. The number of nitrogens with zero attached hydrogens (tertiary/aromatic N) is 2. The maximum atomic E-state index is 6.24. The molecular weight excluding hydrogens is 290 g/mol. The average Bonchev–Trinajstić information content (AvgIpc) is 2.44. The Hall–Kier alpha value is -0.870. The molecule has 1 heterocycles. The van der Waals surface area contributed by atoms with E-state index in [-0.39, 0.29) is 0 Å². The Morgan fingerprint density at radius 3 is 2.65 bits per heavy atom. The molecule has 1 aliphatic carbocycles. The van der Waals surface area contributed by atoms with Crippen LogP contribution in [-0.2, 0) is 0 Å². The maximum Gasteiger partial charge on any atom is 0.191 e. The van der Waals surface area contributed by atoms with Crippen LogP contribution >= 0.6 is 23.4 Å². The largest absolute Gasteiger partial charge is 0.370 e. The Kier molecular flexibility index (Phi) is 4.41. The van der Waals surface area contributed by atoms with Gasteiger partial charge in [-0.05, 0) is 30.4 Å². The molecule has 3 nitrogen and oxygen atoms in total. The molecule has 0 atom stereocenters. The van der Waals surface area contributed by atoms with Crippen molar-refractivity contribution in [3.63, 3.8) is 0 Å². The minimum atomic E-state index is 0.367. The number of hydrogen-bond acceptors (Lipinski definition) is 2. The highest BCUT2D eigenvalue weighted by atomic mass is 35.5. The summed E-state index contributed by atoms with van der Waals surface area (Å²) in [5, 5.41) is 0.876. The Morgan fingerprint density at radius 1 is 1.25 bits per heavy atom. The van der Waals surface area contributed by atoms with Crippen molar-refractivity contribution in [3.05, 3.63) is 34.9 Å². The molecule has 0 bridgehead atoms. The van der Waals surface area contributed by atoms with Gasteiger partial charge in [0.25, 0.3) is 0 Å². The lowest BCUT2D eigenvalue weighted by atomic mass is 9.76. The number of rotatable bonds is 2. The lowest BCUT2D eigenvalue weighted by Gasteiger charge is -2.35. The molecule has 2 fully saturated rings. The molecular formula is C15H20ClN3S. The summed E-state index contributed by atoms with van der Waals surface area (Å²) in [6, 6.07) is 8.49. The zero-order valence-electron chi connectivity index (χ0n) is 11.5. The fourth-order valence-corrected chi connectivity index (χ4v) is 4.01.